The predicted octanol–water partition coefficient (Wildman–Crippen LogP) is 4.76. The number of fused-ring (bicyclic) bond motifs is 1. The van der Waals surface area contributed by atoms with Crippen molar-refractivity contribution in [3.63, 3.8) is 0 Å². The molecule has 2 heterocycles. The van der Waals surface area contributed by atoms with Gasteiger partial charge in [-0.3, -0.25) is 4.79 Å². The van der Waals surface area contributed by atoms with Crippen molar-refractivity contribution in [1.29, 1.82) is 0 Å². The first-order valence-corrected chi connectivity index (χ1v) is 8.95. The molecule has 0 aliphatic rings. The van der Waals surface area contributed by atoms with Crippen molar-refractivity contribution in [3.8, 4) is 0 Å². The topological polar surface area (TPSA) is 67.7 Å². The SMILES string of the molecule is O=C(N/N=C\c1ccc(I)o1)c1cc2cc(Br)cc(I)c2o1. The highest BCUT2D eigenvalue weighted by molar-refractivity contribution is 14.1. The van der Waals surface area contributed by atoms with E-state index in [9.17, 15) is 4.79 Å². The second kappa shape index (κ2) is 6.71. The van der Waals surface area contributed by atoms with E-state index < -0.39 is 5.91 Å². The van der Waals surface area contributed by atoms with Crippen LogP contribution in [0.3, 0.4) is 0 Å². The van der Waals surface area contributed by atoms with Gasteiger partial charge in [-0.1, -0.05) is 15.9 Å². The van der Waals surface area contributed by atoms with Crippen LogP contribution in [0.25, 0.3) is 11.0 Å². The van der Waals surface area contributed by atoms with Crippen LogP contribution in [0.2, 0.25) is 0 Å². The van der Waals surface area contributed by atoms with Gasteiger partial charge in [0, 0.05) is 9.86 Å². The molecule has 2 aromatic heterocycles. The van der Waals surface area contributed by atoms with E-state index in [1.54, 1.807) is 12.1 Å². The Bertz CT molecular complexity index is 885. The second-order valence-corrected chi connectivity index (χ2v) is 7.40. The van der Waals surface area contributed by atoms with Crippen LogP contribution in [0.4, 0.5) is 0 Å². The van der Waals surface area contributed by atoms with Gasteiger partial charge in [0.2, 0.25) is 0 Å². The summed E-state index contributed by atoms with van der Waals surface area (Å²) < 4.78 is 13.5. The Balaban J connectivity index is 1.77. The smallest absolute Gasteiger partial charge is 0.307 e. The normalized spacial score (nSPS) is 11.4. The van der Waals surface area contributed by atoms with E-state index in [0.717, 1.165) is 17.2 Å². The Morgan fingerprint density at radius 2 is 2.05 bits per heavy atom. The zero-order valence-electron chi connectivity index (χ0n) is 10.8. The number of carbonyl (C=O) groups is 1. The average molecular weight is 585 g/mol. The second-order valence-electron chi connectivity index (χ2n) is 4.26. The third-order valence-corrected chi connectivity index (χ3v) is 4.55. The fourth-order valence-electron chi connectivity index (χ4n) is 1.79. The number of carbonyl (C=O) groups excluding carboxylic acids is 1. The van der Waals surface area contributed by atoms with Gasteiger partial charge in [0.15, 0.2) is 9.53 Å². The van der Waals surface area contributed by atoms with Crippen LogP contribution >= 0.6 is 61.1 Å². The van der Waals surface area contributed by atoms with E-state index >= 15 is 0 Å². The molecule has 0 saturated heterocycles. The van der Waals surface area contributed by atoms with Crippen LogP contribution in [0.15, 0.2) is 48.7 Å². The number of hydrogen-bond donors (Lipinski definition) is 1. The minimum atomic E-state index is -0.416. The number of nitrogens with zero attached hydrogens (tertiary/aromatic N) is 1. The molecule has 0 aliphatic carbocycles. The fourth-order valence-corrected chi connectivity index (χ4v) is 3.89. The molecule has 0 spiro atoms. The number of hydrazone groups is 1. The van der Waals surface area contributed by atoms with Crippen molar-refractivity contribution in [3.05, 3.63) is 53.7 Å². The van der Waals surface area contributed by atoms with Gasteiger partial charge in [0.05, 0.1) is 9.78 Å². The van der Waals surface area contributed by atoms with Crippen molar-refractivity contribution < 1.29 is 13.6 Å². The Morgan fingerprint density at radius 3 is 2.77 bits per heavy atom. The van der Waals surface area contributed by atoms with E-state index in [4.69, 9.17) is 8.83 Å². The third kappa shape index (κ3) is 3.54. The maximum absolute atomic E-state index is 12.0. The summed E-state index contributed by atoms with van der Waals surface area (Å²) in [4.78, 5) is 12.0. The summed E-state index contributed by atoms with van der Waals surface area (Å²) in [5.41, 5.74) is 3.09. The highest BCUT2D eigenvalue weighted by atomic mass is 127. The zero-order valence-corrected chi connectivity index (χ0v) is 16.7. The summed E-state index contributed by atoms with van der Waals surface area (Å²) in [7, 11) is 0. The zero-order chi connectivity index (χ0) is 15.7. The van der Waals surface area contributed by atoms with E-state index in [-0.39, 0.29) is 5.76 Å². The number of nitrogens with one attached hydrogen (secondary N) is 1. The predicted molar refractivity (Wildman–Crippen MR) is 103 cm³/mol. The summed E-state index contributed by atoms with van der Waals surface area (Å²) in [5, 5.41) is 4.70. The van der Waals surface area contributed by atoms with Crippen LogP contribution in [0, 0.1) is 7.34 Å². The van der Waals surface area contributed by atoms with Crippen molar-refractivity contribution in [1.82, 2.24) is 5.43 Å². The van der Waals surface area contributed by atoms with E-state index in [1.807, 2.05) is 18.2 Å². The number of hydrogen-bond acceptors (Lipinski definition) is 4. The average Bonchev–Trinajstić information content (AvgIpc) is 3.05. The molecular formula is C14H7BrI2N2O3. The van der Waals surface area contributed by atoms with Gasteiger partial charge in [0.1, 0.15) is 11.3 Å². The fraction of sp³-hybridized carbons (Fsp3) is 0. The first-order valence-electron chi connectivity index (χ1n) is 6.00. The molecule has 1 aromatic carbocycles. The lowest BCUT2D eigenvalue weighted by Crippen LogP contribution is -2.16. The summed E-state index contributed by atoms with van der Waals surface area (Å²) in [6, 6.07) is 9.07. The van der Waals surface area contributed by atoms with Crippen LogP contribution in [0.5, 0.6) is 0 Å². The van der Waals surface area contributed by atoms with Gasteiger partial charge < -0.3 is 8.83 Å². The number of halogens is 3. The minimum absolute atomic E-state index is 0.206. The minimum Gasteiger partial charge on any atom is -0.450 e. The maximum atomic E-state index is 12.0. The highest BCUT2D eigenvalue weighted by Gasteiger charge is 2.14. The first kappa shape index (κ1) is 16.0. The molecule has 8 heteroatoms. The molecule has 112 valence electrons. The van der Waals surface area contributed by atoms with Gasteiger partial charge in [-0.15, -0.1) is 0 Å². The van der Waals surface area contributed by atoms with Gasteiger partial charge in [-0.25, -0.2) is 5.43 Å². The number of furan rings is 2. The maximum Gasteiger partial charge on any atom is 0.307 e. The number of benzene rings is 1. The quantitative estimate of drug-likeness (QED) is 0.274. The molecule has 0 atom stereocenters. The van der Waals surface area contributed by atoms with Gasteiger partial charge in [-0.05, 0) is 75.5 Å². The summed E-state index contributed by atoms with van der Waals surface area (Å²) in [5.74, 6) is 0.352. The molecule has 0 aliphatic heterocycles. The molecule has 22 heavy (non-hydrogen) atoms. The van der Waals surface area contributed by atoms with E-state index in [2.05, 4.69) is 71.6 Å². The molecule has 0 bridgehead atoms. The molecular weight excluding hydrogens is 578 g/mol. The van der Waals surface area contributed by atoms with Crippen molar-refractivity contribution in [2.45, 2.75) is 0 Å². The van der Waals surface area contributed by atoms with Crippen molar-refractivity contribution >= 4 is 84.2 Å². The Kier molecular flexibility index (Phi) is 4.88. The Labute approximate surface area is 160 Å². The van der Waals surface area contributed by atoms with Crippen molar-refractivity contribution in [2.24, 2.45) is 5.10 Å². The van der Waals surface area contributed by atoms with E-state index in [1.165, 1.54) is 6.21 Å². The number of amides is 1. The molecule has 0 fully saturated rings. The molecule has 1 N–H and O–H groups in total. The molecule has 0 radical (unpaired) electrons. The molecule has 0 saturated carbocycles. The summed E-state index contributed by atoms with van der Waals surface area (Å²) in [6.45, 7) is 0. The number of rotatable bonds is 3. The first-order chi connectivity index (χ1) is 10.5. The molecule has 3 aromatic rings. The molecule has 1 amide bonds. The molecule has 5 nitrogen and oxygen atoms in total. The lowest BCUT2D eigenvalue weighted by Gasteiger charge is -1.95. The van der Waals surface area contributed by atoms with Crippen LogP contribution in [0.1, 0.15) is 16.3 Å². The lowest BCUT2D eigenvalue weighted by atomic mass is 10.2. The molecule has 3 rings (SSSR count). The van der Waals surface area contributed by atoms with Crippen molar-refractivity contribution in [2.75, 3.05) is 0 Å². The largest absolute Gasteiger partial charge is 0.450 e. The lowest BCUT2D eigenvalue weighted by molar-refractivity contribution is 0.0929. The van der Waals surface area contributed by atoms with Crippen LogP contribution < -0.4 is 5.43 Å². The van der Waals surface area contributed by atoms with E-state index in [0.29, 0.717) is 11.3 Å². The molecule has 0 unspecified atom stereocenters. The van der Waals surface area contributed by atoms with Gasteiger partial charge in [-0.2, -0.15) is 5.10 Å². The van der Waals surface area contributed by atoms with Gasteiger partial charge >= 0.3 is 5.91 Å². The summed E-state index contributed by atoms with van der Waals surface area (Å²) in [6.07, 6.45) is 1.43. The monoisotopic (exact) mass is 584 g/mol. The Morgan fingerprint density at radius 1 is 1.23 bits per heavy atom. The standard InChI is InChI=1S/C14H7BrI2N2O3/c15-8-3-7-4-11(22-13(7)10(16)5-8)14(20)19-18-6-9-1-2-12(17)21-9/h1-6H,(H,19,20)/b18-6-. The Hall–Kier alpha value is -0.880. The van der Waals surface area contributed by atoms with Crippen LogP contribution in [-0.4, -0.2) is 12.1 Å². The third-order valence-electron chi connectivity index (χ3n) is 2.71. The summed E-state index contributed by atoms with van der Waals surface area (Å²) >= 11 is 7.63. The van der Waals surface area contributed by atoms with Crippen LogP contribution in [-0.2, 0) is 0 Å². The highest BCUT2D eigenvalue weighted by Crippen LogP contribution is 2.28. The van der Waals surface area contributed by atoms with Gasteiger partial charge in [0.25, 0.3) is 0 Å².